The van der Waals surface area contributed by atoms with Crippen molar-refractivity contribution in [2.24, 2.45) is 11.8 Å². The maximum Gasteiger partial charge on any atom is 0.243 e. The van der Waals surface area contributed by atoms with E-state index in [1.54, 1.807) is 16.4 Å². The lowest BCUT2D eigenvalue weighted by molar-refractivity contribution is 0.216. The summed E-state index contributed by atoms with van der Waals surface area (Å²) >= 11 is 0. The third-order valence-corrected chi connectivity index (χ3v) is 6.80. The average molecular weight is 319 g/mol. The van der Waals surface area contributed by atoms with Gasteiger partial charge in [-0.1, -0.05) is 0 Å². The van der Waals surface area contributed by atoms with Crippen molar-refractivity contribution in [1.82, 2.24) is 9.62 Å². The van der Waals surface area contributed by atoms with Crippen LogP contribution in [0.3, 0.4) is 0 Å². The summed E-state index contributed by atoms with van der Waals surface area (Å²) in [6.07, 6.45) is 3.11. The lowest BCUT2D eigenvalue weighted by Crippen LogP contribution is -2.40. The second-order valence-corrected chi connectivity index (χ2v) is 8.07. The Morgan fingerprint density at radius 2 is 1.77 bits per heavy atom. The number of nitrogens with zero attached hydrogens (tertiary/aromatic N) is 2. The van der Waals surface area contributed by atoms with Crippen LogP contribution in [0.5, 0.6) is 0 Å². The zero-order valence-electron chi connectivity index (χ0n) is 12.5. The summed E-state index contributed by atoms with van der Waals surface area (Å²) in [6, 6.07) is 8.18. The Kier molecular flexibility index (Phi) is 4.48. The third-order valence-electron chi connectivity index (χ3n) is 4.88. The van der Waals surface area contributed by atoms with Gasteiger partial charge in [-0.05, 0) is 68.5 Å². The van der Waals surface area contributed by atoms with Crippen LogP contribution in [0, 0.1) is 23.2 Å². The fourth-order valence-electron chi connectivity index (χ4n) is 3.52. The van der Waals surface area contributed by atoms with E-state index in [4.69, 9.17) is 5.26 Å². The molecule has 0 spiro atoms. The molecule has 1 aromatic rings. The first kappa shape index (κ1) is 15.5. The van der Waals surface area contributed by atoms with Crippen LogP contribution < -0.4 is 5.32 Å². The summed E-state index contributed by atoms with van der Waals surface area (Å²) < 4.78 is 26.9. The summed E-state index contributed by atoms with van der Waals surface area (Å²) in [4.78, 5) is 0.285. The van der Waals surface area contributed by atoms with Crippen molar-refractivity contribution in [3.05, 3.63) is 29.8 Å². The molecule has 1 unspecified atom stereocenters. The fraction of sp³-hybridized carbons (Fsp3) is 0.562. The minimum atomic E-state index is -3.43. The summed E-state index contributed by atoms with van der Waals surface area (Å²) in [5.41, 5.74) is 0.478. The molecule has 1 atom stereocenters. The fourth-order valence-corrected chi connectivity index (χ4v) is 4.99. The number of piperidine rings is 1. The molecule has 6 heteroatoms. The van der Waals surface area contributed by atoms with Crippen LogP contribution in [0.1, 0.15) is 24.8 Å². The number of nitrogens with one attached hydrogen (secondary N) is 1. The van der Waals surface area contributed by atoms with Gasteiger partial charge in [0, 0.05) is 13.1 Å². The predicted octanol–water partition coefficient (Wildman–Crippen LogP) is 1.57. The first-order valence-corrected chi connectivity index (χ1v) is 9.26. The molecular weight excluding hydrogens is 298 g/mol. The molecule has 0 radical (unpaired) electrons. The molecule has 3 rings (SSSR count). The topological polar surface area (TPSA) is 73.2 Å². The largest absolute Gasteiger partial charge is 0.316 e. The minimum Gasteiger partial charge on any atom is -0.316 e. The Labute approximate surface area is 132 Å². The van der Waals surface area contributed by atoms with Crippen LogP contribution in [-0.2, 0) is 10.0 Å². The maximum absolute atomic E-state index is 12.6. The number of rotatable bonds is 3. The molecule has 118 valence electrons. The molecule has 2 aliphatic heterocycles. The SMILES string of the molecule is N#Cc1ccc(S(=O)(=O)N2CCC(C3CCNC3)CC2)cc1. The van der Waals surface area contributed by atoms with Crippen LogP contribution >= 0.6 is 0 Å². The normalized spacial score (nSPS) is 24.2. The Balaban J connectivity index is 1.67. The highest BCUT2D eigenvalue weighted by molar-refractivity contribution is 7.89. The van der Waals surface area contributed by atoms with E-state index in [1.807, 2.05) is 6.07 Å². The third kappa shape index (κ3) is 3.02. The molecule has 0 bridgehead atoms. The van der Waals surface area contributed by atoms with Crippen LogP contribution in [0.25, 0.3) is 0 Å². The summed E-state index contributed by atoms with van der Waals surface area (Å²) in [7, 11) is -3.43. The van der Waals surface area contributed by atoms with Crippen LogP contribution in [-0.4, -0.2) is 38.9 Å². The highest BCUT2D eigenvalue weighted by atomic mass is 32.2. The quantitative estimate of drug-likeness (QED) is 0.918. The van der Waals surface area contributed by atoms with E-state index >= 15 is 0 Å². The number of sulfonamides is 1. The van der Waals surface area contributed by atoms with Crippen molar-refractivity contribution < 1.29 is 8.42 Å². The van der Waals surface area contributed by atoms with Gasteiger partial charge in [0.15, 0.2) is 0 Å². The summed E-state index contributed by atoms with van der Waals surface area (Å²) in [5.74, 6) is 1.35. The molecular formula is C16H21N3O2S. The summed E-state index contributed by atoms with van der Waals surface area (Å²) in [5, 5.41) is 12.2. The molecule has 0 saturated carbocycles. The lowest BCUT2D eigenvalue weighted by Gasteiger charge is -2.33. The van der Waals surface area contributed by atoms with Gasteiger partial charge < -0.3 is 5.32 Å². The standard InChI is InChI=1S/C16H21N3O2S/c17-11-13-1-3-16(4-2-13)22(20,21)19-9-6-14(7-10-19)15-5-8-18-12-15/h1-4,14-15,18H,5-10,12H2. The van der Waals surface area contributed by atoms with Crippen LogP contribution in [0.2, 0.25) is 0 Å². The van der Waals surface area contributed by atoms with Gasteiger partial charge in [0.2, 0.25) is 10.0 Å². The molecule has 22 heavy (non-hydrogen) atoms. The van der Waals surface area contributed by atoms with E-state index in [9.17, 15) is 8.42 Å². The Hall–Kier alpha value is -1.42. The first-order valence-electron chi connectivity index (χ1n) is 7.82. The molecule has 1 aromatic carbocycles. The van der Waals surface area contributed by atoms with Gasteiger partial charge in [-0.3, -0.25) is 0 Å². The van der Waals surface area contributed by atoms with Crippen molar-refractivity contribution in [3.63, 3.8) is 0 Å². The Bertz CT molecular complexity index is 650. The van der Waals surface area contributed by atoms with Crippen molar-refractivity contribution in [2.75, 3.05) is 26.2 Å². The lowest BCUT2D eigenvalue weighted by atomic mass is 9.84. The van der Waals surface area contributed by atoms with Crippen molar-refractivity contribution in [3.8, 4) is 6.07 Å². The zero-order valence-corrected chi connectivity index (χ0v) is 13.3. The first-order chi connectivity index (χ1) is 10.6. The number of hydrogen-bond donors (Lipinski definition) is 1. The molecule has 0 aromatic heterocycles. The molecule has 2 heterocycles. The second-order valence-electron chi connectivity index (χ2n) is 6.13. The summed E-state index contributed by atoms with van der Waals surface area (Å²) in [6.45, 7) is 3.37. The van der Waals surface area contributed by atoms with E-state index in [2.05, 4.69) is 5.32 Å². The van der Waals surface area contributed by atoms with Gasteiger partial charge in [-0.15, -0.1) is 0 Å². The van der Waals surface area contributed by atoms with Gasteiger partial charge in [0.25, 0.3) is 0 Å². The second kappa shape index (κ2) is 6.37. The molecule has 2 saturated heterocycles. The van der Waals surface area contributed by atoms with E-state index < -0.39 is 10.0 Å². The zero-order chi connectivity index (χ0) is 15.6. The maximum atomic E-state index is 12.6. The molecule has 2 fully saturated rings. The van der Waals surface area contributed by atoms with Crippen LogP contribution in [0.15, 0.2) is 29.2 Å². The van der Waals surface area contributed by atoms with Gasteiger partial charge >= 0.3 is 0 Å². The van der Waals surface area contributed by atoms with Crippen molar-refractivity contribution in [1.29, 1.82) is 5.26 Å². The number of benzene rings is 1. The smallest absolute Gasteiger partial charge is 0.243 e. The highest BCUT2D eigenvalue weighted by Crippen LogP contribution is 2.31. The van der Waals surface area contributed by atoms with Gasteiger partial charge in [-0.2, -0.15) is 9.57 Å². The molecule has 5 nitrogen and oxygen atoms in total. The minimum absolute atomic E-state index is 0.285. The molecule has 0 aliphatic carbocycles. The van der Waals surface area contributed by atoms with E-state index in [1.165, 1.54) is 18.6 Å². The Morgan fingerprint density at radius 1 is 1.09 bits per heavy atom. The van der Waals surface area contributed by atoms with E-state index in [0.717, 1.165) is 25.9 Å². The van der Waals surface area contributed by atoms with Crippen molar-refractivity contribution >= 4 is 10.0 Å². The van der Waals surface area contributed by atoms with Crippen LogP contribution in [0.4, 0.5) is 0 Å². The monoisotopic (exact) mass is 319 g/mol. The van der Waals surface area contributed by atoms with Crippen molar-refractivity contribution in [2.45, 2.75) is 24.2 Å². The highest BCUT2D eigenvalue weighted by Gasteiger charge is 2.33. The number of hydrogen-bond acceptors (Lipinski definition) is 4. The van der Waals surface area contributed by atoms with Gasteiger partial charge in [0.1, 0.15) is 0 Å². The number of nitriles is 1. The van der Waals surface area contributed by atoms with E-state index in [0.29, 0.717) is 30.5 Å². The molecule has 2 aliphatic rings. The average Bonchev–Trinajstić information content (AvgIpc) is 3.09. The Morgan fingerprint density at radius 3 is 2.32 bits per heavy atom. The van der Waals surface area contributed by atoms with E-state index in [-0.39, 0.29) is 4.90 Å². The predicted molar refractivity (Wildman–Crippen MR) is 83.6 cm³/mol. The molecule has 0 amide bonds. The molecule has 1 N–H and O–H groups in total. The van der Waals surface area contributed by atoms with Gasteiger partial charge in [-0.25, -0.2) is 8.42 Å². The van der Waals surface area contributed by atoms with Gasteiger partial charge in [0.05, 0.1) is 16.5 Å².